The fourth-order valence-corrected chi connectivity index (χ4v) is 1.51. The molecule has 0 saturated carbocycles. The van der Waals surface area contributed by atoms with E-state index < -0.39 is 0 Å². The minimum Gasteiger partial charge on any atom is -0.439 e. The molecule has 0 aliphatic rings. The summed E-state index contributed by atoms with van der Waals surface area (Å²) in [5, 5.41) is 8.83. The number of nitrogens with zero attached hydrogens (tertiary/aromatic N) is 2. The van der Waals surface area contributed by atoms with Crippen LogP contribution < -0.4 is 10.5 Å². The van der Waals surface area contributed by atoms with Crippen molar-refractivity contribution in [3.05, 3.63) is 41.6 Å². The van der Waals surface area contributed by atoms with Gasteiger partial charge in [-0.2, -0.15) is 4.98 Å². The van der Waals surface area contributed by atoms with Gasteiger partial charge in [0.05, 0.1) is 0 Å². The first-order valence-electron chi connectivity index (χ1n) is 5.66. The molecule has 2 rings (SSSR count). The summed E-state index contributed by atoms with van der Waals surface area (Å²) in [6.45, 7) is 2.00. The molecule has 1 aromatic heterocycles. The Balaban J connectivity index is 2.15. The van der Waals surface area contributed by atoms with Crippen molar-refractivity contribution in [1.82, 2.24) is 9.97 Å². The average molecular weight is 245 g/mol. The Kier molecular flexibility index (Phi) is 3.74. The number of aromatic nitrogens is 2. The largest absolute Gasteiger partial charge is 0.439 e. The van der Waals surface area contributed by atoms with E-state index in [-0.39, 0.29) is 12.6 Å². The number of aliphatic hydroxyl groups is 1. The summed E-state index contributed by atoms with van der Waals surface area (Å²) < 4.78 is 5.63. The van der Waals surface area contributed by atoms with Gasteiger partial charge in [-0.05, 0) is 31.0 Å². The monoisotopic (exact) mass is 245 g/mol. The first kappa shape index (κ1) is 12.3. The zero-order chi connectivity index (χ0) is 13.0. The Bertz CT molecular complexity index is 526. The predicted octanol–water partition coefficient (Wildman–Crippen LogP) is 1.69. The number of ether oxygens (including phenoxy) is 1. The van der Waals surface area contributed by atoms with Gasteiger partial charge >= 0.3 is 0 Å². The molecule has 0 aliphatic heterocycles. The fraction of sp³-hybridized carbons (Fsp3) is 0.231. The van der Waals surface area contributed by atoms with Gasteiger partial charge in [0.1, 0.15) is 5.75 Å². The second-order valence-electron chi connectivity index (χ2n) is 3.94. The first-order valence-corrected chi connectivity index (χ1v) is 5.66. The van der Waals surface area contributed by atoms with Gasteiger partial charge in [0.25, 0.3) is 0 Å². The van der Waals surface area contributed by atoms with E-state index >= 15 is 0 Å². The maximum atomic E-state index is 8.83. The van der Waals surface area contributed by atoms with Crippen molar-refractivity contribution < 1.29 is 9.84 Å². The lowest BCUT2D eigenvalue weighted by molar-refractivity contribution is 0.299. The quantitative estimate of drug-likeness (QED) is 0.856. The van der Waals surface area contributed by atoms with Crippen LogP contribution in [0.3, 0.4) is 0 Å². The zero-order valence-electron chi connectivity index (χ0n) is 10.1. The van der Waals surface area contributed by atoms with Crippen molar-refractivity contribution in [2.45, 2.75) is 13.3 Å². The molecule has 0 saturated heterocycles. The maximum Gasteiger partial charge on any atom is 0.226 e. The SMILES string of the molecule is Cc1cnc(N)nc1Oc1ccc(CCO)cc1. The van der Waals surface area contributed by atoms with Crippen molar-refractivity contribution in [2.75, 3.05) is 12.3 Å². The van der Waals surface area contributed by atoms with Gasteiger partial charge < -0.3 is 15.6 Å². The zero-order valence-corrected chi connectivity index (χ0v) is 10.1. The highest BCUT2D eigenvalue weighted by Gasteiger charge is 2.04. The number of benzene rings is 1. The normalized spacial score (nSPS) is 10.3. The Morgan fingerprint density at radius 2 is 2.00 bits per heavy atom. The standard InChI is InChI=1S/C13H15N3O2/c1-9-8-15-13(14)16-12(9)18-11-4-2-10(3-5-11)6-7-17/h2-5,8,17H,6-7H2,1H3,(H2,14,15,16). The van der Waals surface area contributed by atoms with Crippen LogP contribution in [0.15, 0.2) is 30.5 Å². The van der Waals surface area contributed by atoms with Crippen molar-refractivity contribution >= 4 is 5.95 Å². The number of nitrogens with two attached hydrogens (primary N) is 1. The molecular weight excluding hydrogens is 230 g/mol. The van der Waals surface area contributed by atoms with E-state index in [4.69, 9.17) is 15.6 Å². The maximum absolute atomic E-state index is 8.83. The number of rotatable bonds is 4. The van der Waals surface area contributed by atoms with Gasteiger partial charge in [0.2, 0.25) is 11.8 Å². The summed E-state index contributed by atoms with van der Waals surface area (Å²) in [7, 11) is 0. The number of hydrogen-bond acceptors (Lipinski definition) is 5. The van der Waals surface area contributed by atoms with E-state index in [0.717, 1.165) is 11.1 Å². The van der Waals surface area contributed by atoms with Gasteiger partial charge in [0, 0.05) is 18.4 Å². The molecule has 2 aromatic rings. The Morgan fingerprint density at radius 1 is 1.28 bits per heavy atom. The van der Waals surface area contributed by atoms with Gasteiger partial charge in [0.15, 0.2) is 0 Å². The van der Waals surface area contributed by atoms with E-state index in [2.05, 4.69) is 9.97 Å². The smallest absolute Gasteiger partial charge is 0.226 e. The fourth-order valence-electron chi connectivity index (χ4n) is 1.51. The van der Waals surface area contributed by atoms with Crippen LogP contribution in [0.1, 0.15) is 11.1 Å². The molecule has 0 unspecified atom stereocenters. The topological polar surface area (TPSA) is 81.3 Å². The van der Waals surface area contributed by atoms with Gasteiger partial charge in [-0.3, -0.25) is 0 Å². The summed E-state index contributed by atoms with van der Waals surface area (Å²) in [5.41, 5.74) is 7.40. The van der Waals surface area contributed by atoms with Crippen LogP contribution >= 0.6 is 0 Å². The van der Waals surface area contributed by atoms with Crippen molar-refractivity contribution in [2.24, 2.45) is 0 Å². The van der Waals surface area contributed by atoms with E-state index in [1.54, 1.807) is 6.20 Å². The molecule has 0 aliphatic carbocycles. The van der Waals surface area contributed by atoms with Crippen molar-refractivity contribution in [1.29, 1.82) is 0 Å². The summed E-state index contributed by atoms with van der Waals surface area (Å²) in [6.07, 6.45) is 2.26. The second kappa shape index (κ2) is 5.46. The molecule has 1 aromatic carbocycles. The lowest BCUT2D eigenvalue weighted by Crippen LogP contribution is -1.99. The molecule has 3 N–H and O–H groups in total. The third-order valence-corrected chi connectivity index (χ3v) is 2.48. The first-order chi connectivity index (χ1) is 8.69. The summed E-state index contributed by atoms with van der Waals surface area (Å²) in [6, 6.07) is 7.49. The van der Waals surface area contributed by atoms with Gasteiger partial charge in [-0.15, -0.1) is 0 Å². The average Bonchev–Trinajstić information content (AvgIpc) is 2.37. The van der Waals surface area contributed by atoms with E-state index in [9.17, 15) is 0 Å². The molecule has 0 bridgehead atoms. The number of aryl methyl sites for hydroxylation is 1. The van der Waals surface area contributed by atoms with Gasteiger partial charge in [-0.25, -0.2) is 4.98 Å². The molecule has 94 valence electrons. The summed E-state index contributed by atoms with van der Waals surface area (Å²) >= 11 is 0. The van der Waals surface area contributed by atoms with E-state index in [1.165, 1.54) is 0 Å². The molecule has 18 heavy (non-hydrogen) atoms. The predicted molar refractivity (Wildman–Crippen MR) is 68.5 cm³/mol. The molecule has 5 nitrogen and oxygen atoms in total. The molecule has 0 atom stereocenters. The minimum absolute atomic E-state index is 0.141. The Hall–Kier alpha value is -2.14. The summed E-state index contributed by atoms with van der Waals surface area (Å²) in [5.74, 6) is 1.32. The van der Waals surface area contributed by atoms with Crippen LogP contribution in [0.2, 0.25) is 0 Å². The Labute approximate surface area is 105 Å². The van der Waals surface area contributed by atoms with Crippen molar-refractivity contribution in [3.8, 4) is 11.6 Å². The highest BCUT2D eigenvalue weighted by molar-refractivity contribution is 5.35. The number of anilines is 1. The summed E-state index contributed by atoms with van der Waals surface area (Å²) in [4.78, 5) is 7.91. The van der Waals surface area contributed by atoms with Crippen LogP contribution in [0.4, 0.5) is 5.95 Å². The second-order valence-corrected chi connectivity index (χ2v) is 3.94. The van der Waals surface area contributed by atoms with Crippen LogP contribution in [0.25, 0.3) is 0 Å². The highest BCUT2D eigenvalue weighted by atomic mass is 16.5. The highest BCUT2D eigenvalue weighted by Crippen LogP contribution is 2.23. The Morgan fingerprint density at radius 3 is 2.67 bits per heavy atom. The third kappa shape index (κ3) is 2.95. The van der Waals surface area contributed by atoms with Crippen LogP contribution in [-0.4, -0.2) is 21.7 Å². The number of aliphatic hydroxyl groups excluding tert-OH is 1. The van der Waals surface area contributed by atoms with E-state index in [0.29, 0.717) is 18.1 Å². The van der Waals surface area contributed by atoms with Crippen LogP contribution in [-0.2, 0) is 6.42 Å². The van der Waals surface area contributed by atoms with Crippen molar-refractivity contribution in [3.63, 3.8) is 0 Å². The lowest BCUT2D eigenvalue weighted by Gasteiger charge is -2.08. The number of hydrogen-bond donors (Lipinski definition) is 2. The van der Waals surface area contributed by atoms with Crippen LogP contribution in [0, 0.1) is 6.92 Å². The molecule has 0 spiro atoms. The molecule has 0 fully saturated rings. The molecule has 1 heterocycles. The molecule has 0 amide bonds. The lowest BCUT2D eigenvalue weighted by atomic mass is 10.1. The molecular formula is C13H15N3O2. The minimum atomic E-state index is 0.141. The van der Waals surface area contributed by atoms with Gasteiger partial charge in [-0.1, -0.05) is 12.1 Å². The van der Waals surface area contributed by atoms with Crippen LogP contribution in [0.5, 0.6) is 11.6 Å². The number of nitrogen functional groups attached to an aromatic ring is 1. The molecule has 5 heteroatoms. The van der Waals surface area contributed by atoms with E-state index in [1.807, 2.05) is 31.2 Å². The molecule has 0 radical (unpaired) electrons. The third-order valence-electron chi connectivity index (χ3n) is 2.48.